The third-order valence-corrected chi connectivity index (χ3v) is 3.58. The molecule has 6 heteroatoms. The maximum atomic E-state index is 5.88. The molecule has 2 rings (SSSR count). The summed E-state index contributed by atoms with van der Waals surface area (Å²) >= 11 is 5.88. The van der Waals surface area contributed by atoms with Gasteiger partial charge in [-0.1, -0.05) is 20.8 Å². The quantitative estimate of drug-likeness (QED) is 0.832. The Hall–Kier alpha value is -1.10. The van der Waals surface area contributed by atoms with Gasteiger partial charge in [-0.3, -0.25) is 0 Å². The molecule has 0 amide bonds. The third-order valence-electron chi connectivity index (χ3n) is 3.41. The number of halogens is 1. The SMILES string of the molecule is CCCOc1nc(Cl)nc(OC2CC(C)CC(C)C2)n1. The molecule has 0 N–H and O–H groups in total. The van der Waals surface area contributed by atoms with E-state index in [-0.39, 0.29) is 23.4 Å². The molecule has 1 aliphatic carbocycles. The van der Waals surface area contributed by atoms with E-state index < -0.39 is 0 Å². The van der Waals surface area contributed by atoms with Crippen LogP contribution in [0.2, 0.25) is 5.28 Å². The molecule has 1 heterocycles. The highest BCUT2D eigenvalue weighted by atomic mass is 35.5. The van der Waals surface area contributed by atoms with Crippen LogP contribution < -0.4 is 9.47 Å². The van der Waals surface area contributed by atoms with E-state index in [0.717, 1.165) is 19.3 Å². The van der Waals surface area contributed by atoms with Gasteiger partial charge in [0.05, 0.1) is 6.61 Å². The molecule has 1 saturated carbocycles. The van der Waals surface area contributed by atoms with E-state index in [0.29, 0.717) is 18.4 Å². The van der Waals surface area contributed by atoms with Gasteiger partial charge in [0.2, 0.25) is 5.28 Å². The first-order chi connectivity index (χ1) is 9.56. The zero-order valence-corrected chi connectivity index (χ0v) is 13.1. The van der Waals surface area contributed by atoms with Gasteiger partial charge in [0, 0.05) is 0 Å². The van der Waals surface area contributed by atoms with Crippen molar-refractivity contribution < 1.29 is 9.47 Å². The van der Waals surface area contributed by atoms with E-state index >= 15 is 0 Å². The van der Waals surface area contributed by atoms with Crippen molar-refractivity contribution >= 4 is 11.6 Å². The Balaban J connectivity index is 2.02. The Labute approximate surface area is 125 Å². The van der Waals surface area contributed by atoms with Crippen LogP contribution in [0.1, 0.15) is 46.5 Å². The van der Waals surface area contributed by atoms with E-state index in [2.05, 4.69) is 28.8 Å². The second kappa shape index (κ2) is 7.07. The topological polar surface area (TPSA) is 57.1 Å². The number of hydrogen-bond donors (Lipinski definition) is 0. The standard InChI is InChI=1S/C14H22ClN3O2/c1-4-5-19-13-16-12(15)17-14(18-13)20-11-7-9(2)6-10(3)8-11/h9-11H,4-8H2,1-3H3. The minimum absolute atomic E-state index is 0.109. The highest BCUT2D eigenvalue weighted by molar-refractivity contribution is 6.28. The van der Waals surface area contributed by atoms with Gasteiger partial charge in [0.25, 0.3) is 0 Å². The van der Waals surface area contributed by atoms with Gasteiger partial charge < -0.3 is 9.47 Å². The minimum atomic E-state index is 0.109. The van der Waals surface area contributed by atoms with Crippen molar-refractivity contribution in [1.29, 1.82) is 0 Å². The molecular weight excluding hydrogens is 278 g/mol. The van der Waals surface area contributed by atoms with Gasteiger partial charge >= 0.3 is 12.0 Å². The molecule has 20 heavy (non-hydrogen) atoms. The highest BCUT2D eigenvalue weighted by Gasteiger charge is 2.26. The smallest absolute Gasteiger partial charge is 0.324 e. The molecule has 2 unspecified atom stereocenters. The van der Waals surface area contributed by atoms with Crippen molar-refractivity contribution in [3.05, 3.63) is 5.28 Å². The van der Waals surface area contributed by atoms with Crippen LogP contribution in [0.25, 0.3) is 0 Å². The lowest BCUT2D eigenvalue weighted by molar-refractivity contribution is 0.0905. The summed E-state index contributed by atoms with van der Waals surface area (Å²) in [4.78, 5) is 12.1. The fraction of sp³-hybridized carbons (Fsp3) is 0.786. The normalized spacial score (nSPS) is 26.3. The van der Waals surface area contributed by atoms with Crippen LogP contribution in [0.15, 0.2) is 0 Å². The second-order valence-corrected chi connectivity index (χ2v) is 6.01. The van der Waals surface area contributed by atoms with Gasteiger partial charge in [-0.2, -0.15) is 9.97 Å². The van der Waals surface area contributed by atoms with Crippen LogP contribution >= 0.6 is 11.6 Å². The molecule has 0 spiro atoms. The molecule has 0 bridgehead atoms. The largest absolute Gasteiger partial charge is 0.463 e. The predicted molar refractivity (Wildman–Crippen MR) is 77.2 cm³/mol. The summed E-state index contributed by atoms with van der Waals surface area (Å²) in [5.41, 5.74) is 0. The van der Waals surface area contributed by atoms with E-state index in [1.807, 2.05) is 6.92 Å². The maximum Gasteiger partial charge on any atom is 0.324 e. The first-order valence-corrected chi connectivity index (χ1v) is 7.65. The van der Waals surface area contributed by atoms with Crippen LogP contribution in [0.3, 0.4) is 0 Å². The van der Waals surface area contributed by atoms with Crippen molar-refractivity contribution in [3.8, 4) is 12.0 Å². The molecule has 1 fully saturated rings. The minimum Gasteiger partial charge on any atom is -0.463 e. The lowest BCUT2D eigenvalue weighted by Gasteiger charge is -2.30. The van der Waals surface area contributed by atoms with Gasteiger partial charge in [-0.05, 0) is 49.1 Å². The summed E-state index contributed by atoms with van der Waals surface area (Å²) in [5.74, 6) is 1.33. The summed E-state index contributed by atoms with van der Waals surface area (Å²) in [6.07, 6.45) is 4.34. The summed E-state index contributed by atoms with van der Waals surface area (Å²) in [6.45, 7) is 7.08. The Morgan fingerprint density at radius 1 is 1.05 bits per heavy atom. The maximum absolute atomic E-state index is 5.88. The Bertz CT molecular complexity index is 434. The zero-order chi connectivity index (χ0) is 14.5. The van der Waals surface area contributed by atoms with Gasteiger partial charge in [0.15, 0.2) is 0 Å². The van der Waals surface area contributed by atoms with E-state index in [1.165, 1.54) is 6.42 Å². The average molecular weight is 300 g/mol. The molecule has 5 nitrogen and oxygen atoms in total. The third kappa shape index (κ3) is 4.47. The van der Waals surface area contributed by atoms with E-state index in [9.17, 15) is 0 Å². The molecule has 1 aromatic heterocycles. The van der Waals surface area contributed by atoms with Crippen molar-refractivity contribution in [3.63, 3.8) is 0 Å². The van der Waals surface area contributed by atoms with E-state index in [1.54, 1.807) is 0 Å². The second-order valence-electron chi connectivity index (χ2n) is 5.68. The van der Waals surface area contributed by atoms with E-state index in [4.69, 9.17) is 21.1 Å². The molecule has 0 radical (unpaired) electrons. The van der Waals surface area contributed by atoms with Crippen molar-refractivity contribution in [2.24, 2.45) is 11.8 Å². The molecule has 2 atom stereocenters. The summed E-state index contributed by atoms with van der Waals surface area (Å²) in [5, 5.41) is 0.109. The fourth-order valence-electron chi connectivity index (χ4n) is 2.74. The number of hydrogen-bond acceptors (Lipinski definition) is 5. The molecular formula is C14H22ClN3O2. The van der Waals surface area contributed by atoms with Crippen molar-refractivity contribution in [2.75, 3.05) is 6.61 Å². The highest BCUT2D eigenvalue weighted by Crippen LogP contribution is 2.30. The lowest BCUT2D eigenvalue weighted by Crippen LogP contribution is -2.29. The Kier molecular flexibility index (Phi) is 5.40. The molecule has 1 aliphatic rings. The van der Waals surface area contributed by atoms with Gasteiger partial charge in [-0.25, -0.2) is 0 Å². The molecule has 0 aromatic carbocycles. The van der Waals surface area contributed by atoms with Crippen molar-refractivity contribution in [2.45, 2.75) is 52.6 Å². The molecule has 0 saturated heterocycles. The van der Waals surface area contributed by atoms with Crippen LogP contribution in [0, 0.1) is 11.8 Å². The number of ether oxygens (including phenoxy) is 2. The van der Waals surface area contributed by atoms with Crippen LogP contribution in [0.4, 0.5) is 0 Å². The van der Waals surface area contributed by atoms with Gasteiger partial charge in [0.1, 0.15) is 6.10 Å². The zero-order valence-electron chi connectivity index (χ0n) is 12.3. The average Bonchev–Trinajstić information content (AvgIpc) is 2.34. The Morgan fingerprint density at radius 2 is 1.70 bits per heavy atom. The van der Waals surface area contributed by atoms with Crippen molar-refractivity contribution in [1.82, 2.24) is 15.0 Å². The summed E-state index contributed by atoms with van der Waals surface area (Å²) in [7, 11) is 0. The molecule has 112 valence electrons. The van der Waals surface area contributed by atoms with Crippen LogP contribution in [-0.4, -0.2) is 27.7 Å². The first kappa shape index (κ1) is 15.3. The number of aromatic nitrogens is 3. The summed E-state index contributed by atoms with van der Waals surface area (Å²) < 4.78 is 11.3. The first-order valence-electron chi connectivity index (χ1n) is 7.27. The fourth-order valence-corrected chi connectivity index (χ4v) is 2.89. The number of rotatable bonds is 5. The van der Waals surface area contributed by atoms with Gasteiger partial charge in [-0.15, -0.1) is 4.98 Å². The molecule has 0 aliphatic heterocycles. The summed E-state index contributed by atoms with van der Waals surface area (Å²) in [6, 6.07) is 0.501. The monoisotopic (exact) mass is 299 g/mol. The predicted octanol–water partition coefficient (Wildman–Crippen LogP) is 3.52. The lowest BCUT2D eigenvalue weighted by atomic mass is 9.82. The Morgan fingerprint density at radius 3 is 2.35 bits per heavy atom. The number of nitrogens with zero attached hydrogens (tertiary/aromatic N) is 3. The molecule has 1 aromatic rings. The van der Waals surface area contributed by atoms with Crippen LogP contribution in [-0.2, 0) is 0 Å². The van der Waals surface area contributed by atoms with Crippen LogP contribution in [0.5, 0.6) is 12.0 Å².